The van der Waals surface area contributed by atoms with Crippen LogP contribution in [0.25, 0.3) is 0 Å². The van der Waals surface area contributed by atoms with Crippen molar-refractivity contribution in [2.45, 2.75) is 0 Å². The molecular weight excluding hydrogens is 172 g/mol. The highest BCUT2D eigenvalue weighted by atomic mass is 16.5. The Hall–Kier alpha value is -1.84. The van der Waals surface area contributed by atoms with E-state index < -0.39 is 5.97 Å². The molecule has 0 heterocycles. The van der Waals surface area contributed by atoms with E-state index in [1.165, 1.54) is 25.3 Å². The van der Waals surface area contributed by atoms with Crippen LogP contribution in [0.3, 0.4) is 0 Å². The van der Waals surface area contributed by atoms with Gasteiger partial charge in [-0.1, -0.05) is 0 Å². The molecule has 1 rings (SSSR count). The third-order valence-electron chi connectivity index (χ3n) is 1.54. The van der Waals surface area contributed by atoms with Gasteiger partial charge in [0.1, 0.15) is 12.0 Å². The maximum absolute atomic E-state index is 10.5. The largest absolute Gasteiger partial charge is 0.545 e. The van der Waals surface area contributed by atoms with E-state index in [9.17, 15) is 14.7 Å². The lowest BCUT2D eigenvalue weighted by Gasteiger charge is -2.06. The second-order valence-electron chi connectivity index (χ2n) is 2.40. The Bertz CT molecular complexity index is 343. The van der Waals surface area contributed by atoms with Gasteiger partial charge in [-0.25, -0.2) is 0 Å². The van der Waals surface area contributed by atoms with Gasteiger partial charge in [0.15, 0.2) is 0 Å². The van der Waals surface area contributed by atoms with Gasteiger partial charge in [-0.3, -0.25) is 4.79 Å². The van der Waals surface area contributed by atoms with Gasteiger partial charge in [-0.2, -0.15) is 0 Å². The van der Waals surface area contributed by atoms with Crippen molar-refractivity contribution >= 4 is 12.3 Å². The molecule has 0 bridgehead atoms. The van der Waals surface area contributed by atoms with Crippen molar-refractivity contribution < 1.29 is 19.4 Å². The minimum atomic E-state index is -1.33. The van der Waals surface area contributed by atoms with Crippen LogP contribution in [0, 0.1) is 0 Å². The molecule has 0 radical (unpaired) electrons. The number of carbonyl (C=O) groups excluding carboxylic acids is 2. The predicted octanol–water partition coefficient (Wildman–Crippen LogP) is -0.129. The van der Waals surface area contributed by atoms with Crippen LogP contribution in [0.4, 0.5) is 0 Å². The summed E-state index contributed by atoms with van der Waals surface area (Å²) in [5.74, 6) is -1.01. The lowest BCUT2D eigenvalue weighted by molar-refractivity contribution is -0.255. The fourth-order valence-corrected chi connectivity index (χ4v) is 0.926. The van der Waals surface area contributed by atoms with E-state index >= 15 is 0 Å². The van der Waals surface area contributed by atoms with Crippen molar-refractivity contribution in [2.75, 3.05) is 7.11 Å². The molecule has 4 nitrogen and oxygen atoms in total. The average Bonchev–Trinajstić information content (AvgIpc) is 2.16. The highest BCUT2D eigenvalue weighted by Crippen LogP contribution is 2.15. The normalized spacial score (nSPS) is 9.31. The number of methoxy groups -OCH3 is 1. The summed E-state index contributed by atoms with van der Waals surface area (Å²) >= 11 is 0. The van der Waals surface area contributed by atoms with E-state index in [-0.39, 0.29) is 11.1 Å². The summed E-state index contributed by atoms with van der Waals surface area (Å²) in [5, 5.41) is 10.5. The molecule has 0 aromatic heterocycles. The Morgan fingerprint density at radius 3 is 2.62 bits per heavy atom. The first kappa shape index (κ1) is 9.25. The number of benzene rings is 1. The quantitative estimate of drug-likeness (QED) is 0.606. The van der Waals surface area contributed by atoms with Gasteiger partial charge in [-0.05, 0) is 18.2 Å². The van der Waals surface area contributed by atoms with Gasteiger partial charge in [0.25, 0.3) is 0 Å². The van der Waals surface area contributed by atoms with Gasteiger partial charge in [0, 0.05) is 11.1 Å². The molecule has 0 fully saturated rings. The second-order valence-corrected chi connectivity index (χ2v) is 2.40. The van der Waals surface area contributed by atoms with Crippen LogP contribution in [0.15, 0.2) is 18.2 Å². The summed E-state index contributed by atoms with van der Waals surface area (Å²) in [6.45, 7) is 0. The molecule has 68 valence electrons. The van der Waals surface area contributed by atoms with Gasteiger partial charge in [0.2, 0.25) is 0 Å². The number of carboxylic acids is 1. The monoisotopic (exact) mass is 179 g/mol. The third-order valence-corrected chi connectivity index (χ3v) is 1.54. The first-order chi connectivity index (χ1) is 6.17. The number of hydrogen-bond acceptors (Lipinski definition) is 4. The molecular formula is C9H7O4-. The van der Waals surface area contributed by atoms with Gasteiger partial charge < -0.3 is 14.6 Å². The molecule has 1 aromatic carbocycles. The van der Waals surface area contributed by atoms with Gasteiger partial charge in [0.05, 0.1) is 13.1 Å². The molecule has 13 heavy (non-hydrogen) atoms. The van der Waals surface area contributed by atoms with Crippen molar-refractivity contribution in [3.8, 4) is 5.75 Å². The number of aromatic carboxylic acids is 1. The molecule has 0 saturated heterocycles. The standard InChI is InChI=1S/C9H8O4/c1-13-8-3-6(5-10)2-7(4-8)9(11)12/h2-5H,1H3,(H,11,12)/p-1. The number of carboxylic acid groups (broad SMARTS) is 1. The van der Waals surface area contributed by atoms with Crippen molar-refractivity contribution in [2.24, 2.45) is 0 Å². The Morgan fingerprint density at radius 1 is 1.46 bits per heavy atom. The number of aldehydes is 1. The smallest absolute Gasteiger partial charge is 0.150 e. The molecule has 0 saturated carbocycles. The van der Waals surface area contributed by atoms with E-state index in [0.717, 1.165) is 0 Å². The van der Waals surface area contributed by atoms with Crippen LogP contribution >= 0.6 is 0 Å². The number of carbonyl (C=O) groups is 2. The lowest BCUT2D eigenvalue weighted by atomic mass is 10.1. The van der Waals surface area contributed by atoms with Crippen LogP contribution < -0.4 is 9.84 Å². The number of rotatable bonds is 3. The Morgan fingerprint density at radius 2 is 2.15 bits per heavy atom. The van der Waals surface area contributed by atoms with Crippen molar-refractivity contribution in [1.82, 2.24) is 0 Å². The van der Waals surface area contributed by atoms with Gasteiger partial charge >= 0.3 is 0 Å². The molecule has 0 spiro atoms. The van der Waals surface area contributed by atoms with Crippen LogP contribution in [-0.4, -0.2) is 19.4 Å². The van der Waals surface area contributed by atoms with Gasteiger partial charge in [-0.15, -0.1) is 0 Å². The second kappa shape index (κ2) is 3.71. The van der Waals surface area contributed by atoms with E-state index in [0.29, 0.717) is 12.0 Å². The van der Waals surface area contributed by atoms with Crippen LogP contribution in [0.5, 0.6) is 5.75 Å². The average molecular weight is 179 g/mol. The fourth-order valence-electron chi connectivity index (χ4n) is 0.926. The number of hydrogen-bond donors (Lipinski definition) is 0. The van der Waals surface area contributed by atoms with Crippen LogP contribution in [0.1, 0.15) is 20.7 Å². The molecule has 4 heteroatoms. The van der Waals surface area contributed by atoms with Crippen molar-refractivity contribution in [1.29, 1.82) is 0 Å². The molecule has 0 N–H and O–H groups in total. The maximum atomic E-state index is 10.5. The zero-order valence-corrected chi connectivity index (χ0v) is 6.94. The van der Waals surface area contributed by atoms with Crippen LogP contribution in [-0.2, 0) is 0 Å². The molecule has 0 aliphatic heterocycles. The molecule has 1 aromatic rings. The van der Waals surface area contributed by atoms with E-state index in [2.05, 4.69) is 0 Å². The summed E-state index contributed by atoms with van der Waals surface area (Å²) in [5.41, 5.74) is 0.181. The third kappa shape index (κ3) is 2.05. The molecule has 0 aliphatic rings. The zero-order chi connectivity index (χ0) is 9.84. The summed E-state index contributed by atoms with van der Waals surface area (Å²) in [6.07, 6.45) is 0.551. The SMILES string of the molecule is COc1cc(C=O)cc(C(=O)[O-])c1. The Balaban J connectivity index is 3.22. The summed E-state index contributed by atoms with van der Waals surface area (Å²) < 4.78 is 4.80. The first-order valence-corrected chi connectivity index (χ1v) is 3.53. The highest BCUT2D eigenvalue weighted by Gasteiger charge is 2.00. The summed E-state index contributed by atoms with van der Waals surface area (Å²) in [7, 11) is 1.39. The van der Waals surface area contributed by atoms with Crippen LogP contribution in [0.2, 0.25) is 0 Å². The zero-order valence-electron chi connectivity index (χ0n) is 6.94. The van der Waals surface area contributed by atoms with Crippen molar-refractivity contribution in [3.05, 3.63) is 29.3 Å². The molecule has 0 amide bonds. The fraction of sp³-hybridized carbons (Fsp3) is 0.111. The molecule has 0 unspecified atom stereocenters. The van der Waals surface area contributed by atoms with E-state index in [1.54, 1.807) is 0 Å². The maximum Gasteiger partial charge on any atom is 0.150 e. The summed E-state index contributed by atoms with van der Waals surface area (Å²) in [4.78, 5) is 20.8. The minimum Gasteiger partial charge on any atom is -0.545 e. The Labute approximate surface area is 74.8 Å². The number of ether oxygens (including phenoxy) is 1. The topological polar surface area (TPSA) is 66.4 Å². The van der Waals surface area contributed by atoms with E-state index in [1.807, 2.05) is 0 Å². The van der Waals surface area contributed by atoms with E-state index in [4.69, 9.17) is 4.74 Å². The summed E-state index contributed by atoms with van der Waals surface area (Å²) in [6, 6.07) is 3.96. The molecule has 0 atom stereocenters. The minimum absolute atomic E-state index is 0.0681. The lowest BCUT2D eigenvalue weighted by Crippen LogP contribution is -2.22. The predicted molar refractivity (Wildman–Crippen MR) is 42.7 cm³/mol. The molecule has 0 aliphatic carbocycles. The highest BCUT2D eigenvalue weighted by molar-refractivity contribution is 5.89. The van der Waals surface area contributed by atoms with Crippen molar-refractivity contribution in [3.63, 3.8) is 0 Å². The first-order valence-electron chi connectivity index (χ1n) is 3.53. The Kier molecular flexibility index (Phi) is 2.64.